The van der Waals surface area contributed by atoms with Crippen LogP contribution in [0.15, 0.2) is 28.7 Å². The number of hydrogen-bond donors (Lipinski definition) is 1. The summed E-state index contributed by atoms with van der Waals surface area (Å²) in [6, 6.07) is 7.83. The molecule has 0 aromatic heterocycles. The lowest BCUT2D eigenvalue weighted by Gasteiger charge is -2.50. The van der Waals surface area contributed by atoms with Gasteiger partial charge in [0.25, 0.3) is 0 Å². The van der Waals surface area contributed by atoms with Crippen molar-refractivity contribution in [3.8, 4) is 5.75 Å². The lowest BCUT2D eigenvalue weighted by atomic mass is 9.63. The molecule has 1 saturated carbocycles. The fourth-order valence-corrected chi connectivity index (χ4v) is 2.38. The normalized spacial score (nSPS) is 33.2. The molecular formula is C13H17BrO2. The lowest BCUT2D eigenvalue weighted by molar-refractivity contribution is -0.147. The third kappa shape index (κ3) is 1.98. The third-order valence-corrected chi connectivity index (χ3v) is 4.32. The average Bonchev–Trinajstić information content (AvgIpc) is 2.30. The number of rotatable bonds is 3. The van der Waals surface area contributed by atoms with Gasteiger partial charge in [0, 0.05) is 16.3 Å². The summed E-state index contributed by atoms with van der Waals surface area (Å²) in [5.74, 6) is 0.875. The summed E-state index contributed by atoms with van der Waals surface area (Å²) in [6.07, 6.45) is 1.59. The minimum atomic E-state index is -0.224. The first-order valence-electron chi connectivity index (χ1n) is 5.66. The van der Waals surface area contributed by atoms with Crippen LogP contribution in [0.2, 0.25) is 0 Å². The molecule has 1 aromatic rings. The molecule has 3 atom stereocenters. The first kappa shape index (κ1) is 11.9. The topological polar surface area (TPSA) is 29.5 Å². The zero-order valence-electron chi connectivity index (χ0n) is 9.61. The first-order valence-corrected chi connectivity index (χ1v) is 6.46. The van der Waals surface area contributed by atoms with Crippen LogP contribution in [0, 0.1) is 5.41 Å². The number of benzene rings is 1. The minimum Gasteiger partial charge on any atom is -0.490 e. The van der Waals surface area contributed by atoms with Crippen LogP contribution in [0.3, 0.4) is 0 Å². The van der Waals surface area contributed by atoms with E-state index in [9.17, 15) is 5.11 Å². The molecule has 3 heteroatoms. The number of halogens is 1. The van der Waals surface area contributed by atoms with E-state index in [0.717, 1.165) is 23.1 Å². The van der Waals surface area contributed by atoms with Gasteiger partial charge in [0.2, 0.25) is 0 Å². The fraction of sp³-hybridized carbons (Fsp3) is 0.538. The van der Waals surface area contributed by atoms with Gasteiger partial charge in [-0.05, 0) is 30.7 Å². The summed E-state index contributed by atoms with van der Waals surface area (Å²) in [4.78, 5) is 0. The molecule has 0 amide bonds. The van der Waals surface area contributed by atoms with E-state index in [1.165, 1.54) is 0 Å². The van der Waals surface area contributed by atoms with Gasteiger partial charge in [-0.3, -0.25) is 0 Å². The van der Waals surface area contributed by atoms with Crippen molar-refractivity contribution in [2.75, 3.05) is 0 Å². The summed E-state index contributed by atoms with van der Waals surface area (Å²) in [5.41, 5.74) is -0.0902. The summed E-state index contributed by atoms with van der Waals surface area (Å²) in [7, 11) is 0. The Hall–Kier alpha value is -0.540. The van der Waals surface area contributed by atoms with E-state index in [1.807, 2.05) is 24.3 Å². The molecule has 1 N–H and O–H groups in total. The predicted molar refractivity (Wildman–Crippen MR) is 67.6 cm³/mol. The fourth-order valence-electron chi connectivity index (χ4n) is 2.12. The van der Waals surface area contributed by atoms with Crippen LogP contribution in [0.1, 0.15) is 26.7 Å². The number of hydrogen-bond acceptors (Lipinski definition) is 2. The second-order valence-electron chi connectivity index (χ2n) is 4.67. The van der Waals surface area contributed by atoms with Crippen LogP contribution < -0.4 is 4.74 Å². The molecule has 0 aliphatic heterocycles. The van der Waals surface area contributed by atoms with Gasteiger partial charge < -0.3 is 9.84 Å². The Morgan fingerprint density at radius 2 is 2.06 bits per heavy atom. The van der Waals surface area contributed by atoms with Gasteiger partial charge in [0.15, 0.2) is 0 Å². The monoisotopic (exact) mass is 284 g/mol. The standard InChI is InChI=1S/C13H17BrO2/c1-3-13(2)11(15)8-12(13)16-10-6-4-9(14)5-7-10/h4-7,11-12,15H,3,8H2,1-2H3. The van der Waals surface area contributed by atoms with Crippen LogP contribution in [-0.4, -0.2) is 17.3 Å². The van der Waals surface area contributed by atoms with Crippen LogP contribution in [-0.2, 0) is 0 Å². The van der Waals surface area contributed by atoms with Gasteiger partial charge in [-0.1, -0.05) is 29.8 Å². The molecule has 2 nitrogen and oxygen atoms in total. The van der Waals surface area contributed by atoms with E-state index >= 15 is 0 Å². The Morgan fingerprint density at radius 1 is 1.44 bits per heavy atom. The Bertz CT molecular complexity index is 363. The highest BCUT2D eigenvalue weighted by molar-refractivity contribution is 9.10. The maximum absolute atomic E-state index is 9.77. The molecular weight excluding hydrogens is 268 g/mol. The molecule has 2 rings (SSSR count). The van der Waals surface area contributed by atoms with E-state index in [4.69, 9.17) is 4.74 Å². The summed E-state index contributed by atoms with van der Waals surface area (Å²) in [6.45, 7) is 4.19. The Balaban J connectivity index is 2.04. The van der Waals surface area contributed by atoms with Gasteiger partial charge in [-0.15, -0.1) is 0 Å². The van der Waals surface area contributed by atoms with Crippen molar-refractivity contribution >= 4 is 15.9 Å². The molecule has 0 radical (unpaired) electrons. The molecule has 1 aromatic carbocycles. The molecule has 88 valence electrons. The van der Waals surface area contributed by atoms with E-state index in [2.05, 4.69) is 29.8 Å². The highest BCUT2D eigenvalue weighted by Crippen LogP contribution is 2.45. The maximum atomic E-state index is 9.77. The SMILES string of the molecule is CCC1(C)C(O)CC1Oc1ccc(Br)cc1. The van der Waals surface area contributed by atoms with Crippen molar-refractivity contribution in [3.63, 3.8) is 0 Å². The molecule has 0 bridgehead atoms. The van der Waals surface area contributed by atoms with Crippen LogP contribution in [0.25, 0.3) is 0 Å². The molecule has 1 fully saturated rings. The molecule has 0 spiro atoms. The molecule has 0 saturated heterocycles. The van der Waals surface area contributed by atoms with Crippen LogP contribution in [0.4, 0.5) is 0 Å². The molecule has 1 aliphatic carbocycles. The number of ether oxygens (including phenoxy) is 1. The molecule has 3 unspecified atom stereocenters. The van der Waals surface area contributed by atoms with Crippen molar-refractivity contribution in [1.82, 2.24) is 0 Å². The minimum absolute atomic E-state index is 0.0902. The van der Waals surface area contributed by atoms with Gasteiger partial charge in [-0.2, -0.15) is 0 Å². The van der Waals surface area contributed by atoms with E-state index in [-0.39, 0.29) is 17.6 Å². The van der Waals surface area contributed by atoms with Gasteiger partial charge in [0.05, 0.1) is 6.10 Å². The summed E-state index contributed by atoms with van der Waals surface area (Å²) >= 11 is 3.39. The summed E-state index contributed by atoms with van der Waals surface area (Å²) < 4.78 is 6.95. The van der Waals surface area contributed by atoms with E-state index in [1.54, 1.807) is 0 Å². The highest BCUT2D eigenvalue weighted by Gasteiger charge is 2.51. The van der Waals surface area contributed by atoms with Crippen molar-refractivity contribution in [2.45, 2.75) is 38.9 Å². The van der Waals surface area contributed by atoms with Crippen molar-refractivity contribution in [2.24, 2.45) is 5.41 Å². The van der Waals surface area contributed by atoms with E-state index < -0.39 is 0 Å². The van der Waals surface area contributed by atoms with Crippen LogP contribution >= 0.6 is 15.9 Å². The van der Waals surface area contributed by atoms with Crippen molar-refractivity contribution in [1.29, 1.82) is 0 Å². The lowest BCUT2D eigenvalue weighted by Crippen LogP contribution is -2.57. The third-order valence-electron chi connectivity index (χ3n) is 3.79. The predicted octanol–water partition coefficient (Wildman–Crippen LogP) is 3.38. The zero-order valence-corrected chi connectivity index (χ0v) is 11.2. The molecule has 16 heavy (non-hydrogen) atoms. The smallest absolute Gasteiger partial charge is 0.119 e. The summed E-state index contributed by atoms with van der Waals surface area (Å²) in [5, 5.41) is 9.77. The van der Waals surface area contributed by atoms with E-state index in [0.29, 0.717) is 0 Å². The highest BCUT2D eigenvalue weighted by atomic mass is 79.9. The van der Waals surface area contributed by atoms with Gasteiger partial charge in [0.1, 0.15) is 11.9 Å². The Morgan fingerprint density at radius 3 is 2.56 bits per heavy atom. The average molecular weight is 285 g/mol. The largest absolute Gasteiger partial charge is 0.490 e. The Labute approximate surface area is 105 Å². The molecule has 0 heterocycles. The second kappa shape index (κ2) is 4.38. The quantitative estimate of drug-likeness (QED) is 0.922. The van der Waals surface area contributed by atoms with Crippen LogP contribution in [0.5, 0.6) is 5.75 Å². The molecule has 1 aliphatic rings. The second-order valence-corrected chi connectivity index (χ2v) is 5.59. The van der Waals surface area contributed by atoms with Gasteiger partial charge in [-0.25, -0.2) is 0 Å². The van der Waals surface area contributed by atoms with Crippen molar-refractivity contribution < 1.29 is 9.84 Å². The van der Waals surface area contributed by atoms with Gasteiger partial charge >= 0.3 is 0 Å². The Kier molecular flexibility index (Phi) is 3.27. The maximum Gasteiger partial charge on any atom is 0.119 e. The number of aliphatic hydroxyl groups is 1. The first-order chi connectivity index (χ1) is 7.56. The van der Waals surface area contributed by atoms with Crippen molar-refractivity contribution in [3.05, 3.63) is 28.7 Å². The number of aliphatic hydroxyl groups excluding tert-OH is 1. The zero-order chi connectivity index (χ0) is 11.8.